The van der Waals surface area contributed by atoms with Crippen LogP contribution in [0, 0.1) is 5.82 Å². The van der Waals surface area contributed by atoms with Crippen molar-refractivity contribution in [1.29, 1.82) is 0 Å². The molecule has 3 rings (SSSR count). The SMILES string of the molecule is NNc1nc(Oc2ccc(F)cc2)c2cn[nH]c2n1. The summed E-state index contributed by atoms with van der Waals surface area (Å²) in [6.45, 7) is 0. The van der Waals surface area contributed by atoms with Crippen molar-refractivity contribution in [2.45, 2.75) is 0 Å². The lowest BCUT2D eigenvalue weighted by atomic mass is 10.3. The van der Waals surface area contributed by atoms with Crippen molar-refractivity contribution in [3.63, 3.8) is 0 Å². The number of hydrogen-bond donors (Lipinski definition) is 3. The Labute approximate surface area is 106 Å². The van der Waals surface area contributed by atoms with Crippen LogP contribution in [0.2, 0.25) is 0 Å². The molecule has 8 heteroatoms. The number of rotatable bonds is 3. The monoisotopic (exact) mass is 260 g/mol. The maximum Gasteiger partial charge on any atom is 0.242 e. The van der Waals surface area contributed by atoms with Crippen LogP contribution in [0.1, 0.15) is 0 Å². The van der Waals surface area contributed by atoms with E-state index < -0.39 is 0 Å². The molecule has 4 N–H and O–H groups in total. The van der Waals surface area contributed by atoms with Crippen molar-refractivity contribution >= 4 is 17.0 Å². The second-order valence-electron chi connectivity index (χ2n) is 3.68. The first kappa shape index (κ1) is 11.4. The number of ether oxygens (including phenoxy) is 1. The van der Waals surface area contributed by atoms with Gasteiger partial charge in [0.1, 0.15) is 17.0 Å². The third-order valence-electron chi connectivity index (χ3n) is 2.43. The minimum atomic E-state index is -0.340. The number of benzene rings is 1. The zero-order chi connectivity index (χ0) is 13.2. The molecule has 0 spiro atoms. The van der Waals surface area contributed by atoms with Crippen LogP contribution < -0.4 is 16.0 Å². The number of nitrogens with one attached hydrogen (secondary N) is 2. The molecule has 0 fully saturated rings. The van der Waals surface area contributed by atoms with Crippen LogP contribution in [0.4, 0.5) is 10.3 Å². The summed E-state index contributed by atoms with van der Waals surface area (Å²) < 4.78 is 18.4. The molecule has 19 heavy (non-hydrogen) atoms. The molecule has 1 aromatic carbocycles. The molecule has 2 heterocycles. The number of nitrogens with zero attached hydrogens (tertiary/aromatic N) is 3. The van der Waals surface area contributed by atoms with Gasteiger partial charge in [0.25, 0.3) is 0 Å². The summed E-state index contributed by atoms with van der Waals surface area (Å²) in [5, 5.41) is 7.15. The second kappa shape index (κ2) is 4.50. The Balaban J connectivity index is 2.03. The predicted molar refractivity (Wildman–Crippen MR) is 66.0 cm³/mol. The molecule has 0 amide bonds. The Bertz CT molecular complexity index is 711. The van der Waals surface area contributed by atoms with E-state index in [4.69, 9.17) is 10.6 Å². The summed E-state index contributed by atoms with van der Waals surface area (Å²) in [6, 6.07) is 5.59. The molecule has 96 valence electrons. The van der Waals surface area contributed by atoms with Crippen LogP contribution in [0.5, 0.6) is 11.6 Å². The number of anilines is 1. The number of hydrogen-bond acceptors (Lipinski definition) is 6. The molecule has 0 bridgehead atoms. The third kappa shape index (κ3) is 2.16. The van der Waals surface area contributed by atoms with Gasteiger partial charge in [-0.3, -0.25) is 10.5 Å². The highest BCUT2D eigenvalue weighted by molar-refractivity contribution is 5.80. The van der Waals surface area contributed by atoms with E-state index in [1.165, 1.54) is 30.5 Å². The van der Waals surface area contributed by atoms with Crippen LogP contribution in [0.15, 0.2) is 30.5 Å². The van der Waals surface area contributed by atoms with Gasteiger partial charge in [0.05, 0.1) is 6.20 Å². The lowest BCUT2D eigenvalue weighted by Gasteiger charge is -2.06. The maximum atomic E-state index is 12.8. The van der Waals surface area contributed by atoms with E-state index in [9.17, 15) is 4.39 Å². The van der Waals surface area contributed by atoms with Crippen molar-refractivity contribution in [3.8, 4) is 11.6 Å². The van der Waals surface area contributed by atoms with Gasteiger partial charge in [-0.15, -0.1) is 0 Å². The van der Waals surface area contributed by atoms with Crippen molar-refractivity contribution in [1.82, 2.24) is 20.2 Å². The lowest BCUT2D eigenvalue weighted by Crippen LogP contribution is -2.10. The molecule has 0 saturated carbocycles. The topological polar surface area (TPSA) is 102 Å². The number of nitrogens with two attached hydrogens (primary N) is 1. The van der Waals surface area contributed by atoms with Gasteiger partial charge in [-0.05, 0) is 24.3 Å². The van der Waals surface area contributed by atoms with E-state index >= 15 is 0 Å². The van der Waals surface area contributed by atoms with E-state index in [1.54, 1.807) is 0 Å². The Morgan fingerprint density at radius 3 is 2.74 bits per heavy atom. The molecule has 0 aliphatic heterocycles. The number of hydrazine groups is 1. The molecule has 2 aromatic heterocycles. The second-order valence-corrected chi connectivity index (χ2v) is 3.68. The van der Waals surface area contributed by atoms with Crippen molar-refractivity contribution in [3.05, 3.63) is 36.3 Å². The van der Waals surface area contributed by atoms with Crippen LogP contribution in [0.3, 0.4) is 0 Å². The number of aromatic nitrogens is 4. The van der Waals surface area contributed by atoms with Crippen LogP contribution in [-0.4, -0.2) is 20.2 Å². The Hall–Kier alpha value is -2.74. The number of halogens is 1. The van der Waals surface area contributed by atoms with Crippen LogP contribution >= 0.6 is 0 Å². The van der Waals surface area contributed by atoms with E-state index in [-0.39, 0.29) is 17.6 Å². The van der Waals surface area contributed by atoms with Gasteiger partial charge in [0, 0.05) is 0 Å². The highest BCUT2D eigenvalue weighted by atomic mass is 19.1. The summed E-state index contributed by atoms with van der Waals surface area (Å²) in [5.74, 6) is 5.85. The van der Waals surface area contributed by atoms with E-state index in [0.29, 0.717) is 16.8 Å². The van der Waals surface area contributed by atoms with E-state index in [2.05, 4.69) is 25.6 Å². The van der Waals surface area contributed by atoms with Crippen LogP contribution in [0.25, 0.3) is 11.0 Å². The minimum Gasteiger partial charge on any atom is -0.438 e. The lowest BCUT2D eigenvalue weighted by molar-refractivity contribution is 0.467. The number of aromatic amines is 1. The summed E-state index contributed by atoms with van der Waals surface area (Å²) in [5.41, 5.74) is 2.82. The van der Waals surface area contributed by atoms with Crippen molar-refractivity contribution in [2.75, 3.05) is 5.43 Å². The highest BCUT2D eigenvalue weighted by Gasteiger charge is 2.11. The Kier molecular flexibility index (Phi) is 2.69. The molecular weight excluding hydrogens is 251 g/mol. The van der Waals surface area contributed by atoms with Gasteiger partial charge >= 0.3 is 0 Å². The average molecular weight is 260 g/mol. The minimum absolute atomic E-state index is 0.189. The quantitative estimate of drug-likeness (QED) is 0.488. The van der Waals surface area contributed by atoms with E-state index in [1.807, 2.05) is 0 Å². The van der Waals surface area contributed by atoms with Crippen LogP contribution in [-0.2, 0) is 0 Å². The summed E-state index contributed by atoms with van der Waals surface area (Å²) in [7, 11) is 0. The third-order valence-corrected chi connectivity index (χ3v) is 2.43. The van der Waals surface area contributed by atoms with Gasteiger partial charge in [-0.25, -0.2) is 10.2 Å². The van der Waals surface area contributed by atoms with E-state index in [0.717, 1.165) is 0 Å². The molecule has 0 aliphatic carbocycles. The molecule has 0 atom stereocenters. The zero-order valence-corrected chi connectivity index (χ0v) is 9.59. The Morgan fingerprint density at radius 1 is 1.21 bits per heavy atom. The number of fused-ring (bicyclic) bond motifs is 1. The van der Waals surface area contributed by atoms with Gasteiger partial charge in [0.2, 0.25) is 11.8 Å². The van der Waals surface area contributed by atoms with Crippen molar-refractivity contribution in [2.24, 2.45) is 5.84 Å². The van der Waals surface area contributed by atoms with Gasteiger partial charge in [0.15, 0.2) is 5.65 Å². The first-order valence-electron chi connectivity index (χ1n) is 5.37. The molecule has 7 nitrogen and oxygen atoms in total. The molecular formula is C11H9FN6O. The first-order chi connectivity index (χ1) is 9.26. The van der Waals surface area contributed by atoms with Gasteiger partial charge in [-0.1, -0.05) is 0 Å². The van der Waals surface area contributed by atoms with Crippen molar-refractivity contribution < 1.29 is 9.13 Å². The fourth-order valence-corrected chi connectivity index (χ4v) is 1.56. The molecule has 0 unspecified atom stereocenters. The fourth-order valence-electron chi connectivity index (χ4n) is 1.56. The largest absolute Gasteiger partial charge is 0.438 e. The first-order valence-corrected chi connectivity index (χ1v) is 5.37. The summed E-state index contributed by atoms with van der Waals surface area (Å²) in [4.78, 5) is 8.15. The smallest absolute Gasteiger partial charge is 0.242 e. The molecule has 3 aromatic rings. The van der Waals surface area contributed by atoms with Gasteiger partial charge < -0.3 is 4.74 Å². The number of nitrogen functional groups attached to an aromatic ring is 1. The molecule has 0 radical (unpaired) electrons. The Morgan fingerprint density at radius 2 is 2.00 bits per heavy atom. The zero-order valence-electron chi connectivity index (χ0n) is 9.59. The normalized spacial score (nSPS) is 10.6. The molecule has 0 saturated heterocycles. The summed E-state index contributed by atoms with van der Waals surface area (Å²) in [6.07, 6.45) is 1.54. The fraction of sp³-hybridized carbons (Fsp3) is 0. The molecule has 0 aliphatic rings. The average Bonchev–Trinajstić information content (AvgIpc) is 2.89. The highest BCUT2D eigenvalue weighted by Crippen LogP contribution is 2.27. The summed E-state index contributed by atoms with van der Waals surface area (Å²) >= 11 is 0. The maximum absolute atomic E-state index is 12.8. The predicted octanol–water partition coefficient (Wildman–Crippen LogP) is 1.57. The standard InChI is InChI=1S/C11H9FN6O/c12-6-1-3-7(4-2-6)19-10-8-5-14-18-9(8)15-11(16-10)17-13/h1-5H,13H2,(H2,14,15,16,17,18). The number of H-pyrrole nitrogens is 1. The van der Waals surface area contributed by atoms with Gasteiger partial charge in [-0.2, -0.15) is 15.1 Å².